The van der Waals surface area contributed by atoms with Gasteiger partial charge in [0.25, 0.3) is 0 Å². The first-order valence-corrected chi connectivity index (χ1v) is 16.4. The minimum atomic E-state index is -0.297. The van der Waals surface area contributed by atoms with Crippen LogP contribution in [0.5, 0.6) is 0 Å². The predicted molar refractivity (Wildman–Crippen MR) is 161 cm³/mol. The van der Waals surface area contributed by atoms with Gasteiger partial charge in [-0.15, -0.1) is 0 Å². The van der Waals surface area contributed by atoms with E-state index in [2.05, 4.69) is 6.92 Å². The number of hydrogen-bond acceptors (Lipinski definition) is 8. The normalized spacial score (nSPS) is 11.3. The van der Waals surface area contributed by atoms with Crippen LogP contribution in [0, 0.1) is 0 Å². The van der Waals surface area contributed by atoms with Crippen molar-refractivity contribution in [2.45, 2.75) is 117 Å². The molecule has 0 aliphatic carbocycles. The van der Waals surface area contributed by atoms with Crippen molar-refractivity contribution in [3.63, 3.8) is 0 Å². The molecule has 0 fully saturated rings. The molecule has 0 aromatic rings. The molecule has 0 radical (unpaired) electrons. The van der Waals surface area contributed by atoms with Crippen LogP contribution in [0.4, 0.5) is 0 Å². The van der Waals surface area contributed by atoms with Crippen LogP contribution in [-0.2, 0) is 38.0 Å². The molecule has 0 aromatic heterocycles. The largest absolute Gasteiger partial charge is 0.463 e. The van der Waals surface area contributed by atoms with Gasteiger partial charge in [0.1, 0.15) is 6.61 Å². The maximum atomic E-state index is 10.6. The molecule has 240 valence electrons. The fraction of sp³-hybridized carbons (Fsp3) is 0.969. The highest BCUT2D eigenvalue weighted by molar-refractivity contribution is 5.65. The van der Waals surface area contributed by atoms with Crippen LogP contribution in [0.15, 0.2) is 0 Å². The lowest BCUT2D eigenvalue weighted by Gasteiger charge is -2.08. The molecule has 0 bridgehead atoms. The highest BCUT2D eigenvalue weighted by Crippen LogP contribution is 2.13. The van der Waals surface area contributed by atoms with Crippen molar-refractivity contribution >= 4 is 5.97 Å². The first-order chi connectivity index (χ1) is 19.8. The second-order valence-corrected chi connectivity index (χ2v) is 10.3. The van der Waals surface area contributed by atoms with Crippen LogP contribution in [0.2, 0.25) is 0 Å². The summed E-state index contributed by atoms with van der Waals surface area (Å²) in [6, 6.07) is 0. The van der Waals surface area contributed by atoms with E-state index >= 15 is 0 Å². The highest BCUT2D eigenvalue weighted by atomic mass is 16.6. The highest BCUT2D eigenvalue weighted by Gasteiger charge is 1.97. The minimum Gasteiger partial charge on any atom is -0.463 e. The Morgan fingerprint density at radius 3 is 0.900 bits per heavy atom. The first-order valence-electron chi connectivity index (χ1n) is 16.4. The van der Waals surface area contributed by atoms with Gasteiger partial charge in [0.15, 0.2) is 0 Å². The van der Waals surface area contributed by atoms with Gasteiger partial charge < -0.3 is 33.2 Å². The molecule has 0 unspecified atom stereocenters. The SMILES string of the molecule is CCCCCCCCCCCCCCCCCCOCCOCCOCCOCCOCCOCCOC(C)=O. The maximum Gasteiger partial charge on any atom is 0.302 e. The number of hydrogen-bond donors (Lipinski definition) is 0. The Morgan fingerprint density at radius 1 is 0.350 bits per heavy atom. The predicted octanol–water partition coefficient (Wildman–Crippen LogP) is 6.91. The van der Waals surface area contributed by atoms with Crippen LogP contribution in [0.3, 0.4) is 0 Å². The van der Waals surface area contributed by atoms with Crippen molar-refractivity contribution in [3.8, 4) is 0 Å². The zero-order chi connectivity index (χ0) is 29.0. The zero-order valence-electron chi connectivity index (χ0n) is 26.3. The number of unbranched alkanes of at least 4 members (excludes halogenated alkanes) is 15. The third-order valence-electron chi connectivity index (χ3n) is 6.54. The summed E-state index contributed by atoms with van der Waals surface area (Å²) in [4.78, 5) is 10.6. The third kappa shape index (κ3) is 37.2. The smallest absolute Gasteiger partial charge is 0.302 e. The van der Waals surface area contributed by atoms with E-state index in [9.17, 15) is 4.79 Å². The molecule has 0 spiro atoms. The number of carbonyl (C=O) groups excluding carboxylic acids is 1. The van der Waals surface area contributed by atoms with Gasteiger partial charge in [0.2, 0.25) is 0 Å². The lowest BCUT2D eigenvalue weighted by Crippen LogP contribution is -2.14. The molecule has 0 atom stereocenters. The Labute approximate surface area is 246 Å². The summed E-state index contributed by atoms with van der Waals surface area (Å²) in [7, 11) is 0. The molecule has 0 N–H and O–H groups in total. The Morgan fingerprint density at radius 2 is 0.600 bits per heavy atom. The average Bonchev–Trinajstić information content (AvgIpc) is 2.95. The number of ether oxygens (including phenoxy) is 7. The van der Waals surface area contributed by atoms with Crippen molar-refractivity contribution in [2.24, 2.45) is 0 Å². The van der Waals surface area contributed by atoms with E-state index in [0.29, 0.717) is 72.7 Å². The van der Waals surface area contributed by atoms with Crippen molar-refractivity contribution in [1.82, 2.24) is 0 Å². The van der Waals surface area contributed by atoms with Gasteiger partial charge in [0, 0.05) is 13.5 Å². The van der Waals surface area contributed by atoms with Gasteiger partial charge in [-0.25, -0.2) is 0 Å². The molecule has 0 aliphatic heterocycles. The molecule has 0 rings (SSSR count). The summed E-state index contributed by atoms with van der Waals surface area (Å²) in [5, 5.41) is 0. The maximum absolute atomic E-state index is 10.6. The van der Waals surface area contributed by atoms with Gasteiger partial charge in [-0.3, -0.25) is 4.79 Å². The fourth-order valence-corrected chi connectivity index (χ4v) is 4.20. The van der Waals surface area contributed by atoms with Gasteiger partial charge >= 0.3 is 5.97 Å². The van der Waals surface area contributed by atoms with Crippen LogP contribution < -0.4 is 0 Å². The number of carbonyl (C=O) groups is 1. The Hall–Kier alpha value is -0.770. The molecule has 0 amide bonds. The van der Waals surface area contributed by atoms with Crippen molar-refractivity contribution in [1.29, 1.82) is 0 Å². The van der Waals surface area contributed by atoms with E-state index in [1.54, 1.807) is 0 Å². The Bertz CT molecular complexity index is 478. The van der Waals surface area contributed by atoms with Crippen LogP contribution in [0.25, 0.3) is 0 Å². The molecular weight excluding hydrogens is 512 g/mol. The molecular formula is C32H64O8. The van der Waals surface area contributed by atoms with E-state index < -0.39 is 0 Å². The minimum absolute atomic E-state index is 0.275. The summed E-state index contributed by atoms with van der Waals surface area (Å²) in [6.07, 6.45) is 22.2. The van der Waals surface area contributed by atoms with Gasteiger partial charge in [-0.2, -0.15) is 0 Å². The molecule has 0 aliphatic rings. The summed E-state index contributed by atoms with van der Waals surface area (Å²) in [5.41, 5.74) is 0. The quantitative estimate of drug-likeness (QED) is 0.0595. The molecule has 0 saturated heterocycles. The standard InChI is InChI=1S/C32H64O8/c1-3-4-5-6-7-8-9-10-11-12-13-14-15-16-17-18-19-34-20-21-35-22-23-36-24-25-37-26-27-38-28-29-39-30-31-40-32(2)33/h3-31H2,1-2H3. The average molecular weight is 577 g/mol. The van der Waals surface area contributed by atoms with E-state index in [-0.39, 0.29) is 12.6 Å². The second kappa shape index (κ2) is 36.3. The van der Waals surface area contributed by atoms with E-state index in [1.807, 2.05) is 0 Å². The Balaban J connectivity index is 3.03. The molecule has 40 heavy (non-hydrogen) atoms. The molecule has 0 heterocycles. The monoisotopic (exact) mass is 576 g/mol. The number of esters is 1. The molecule has 8 nitrogen and oxygen atoms in total. The van der Waals surface area contributed by atoms with Crippen molar-refractivity contribution in [3.05, 3.63) is 0 Å². The molecule has 0 aromatic carbocycles. The van der Waals surface area contributed by atoms with Crippen LogP contribution >= 0.6 is 0 Å². The van der Waals surface area contributed by atoms with Crippen molar-refractivity contribution < 1.29 is 38.0 Å². The Kier molecular flexibility index (Phi) is 35.6. The third-order valence-corrected chi connectivity index (χ3v) is 6.54. The van der Waals surface area contributed by atoms with Crippen LogP contribution in [0.1, 0.15) is 117 Å². The van der Waals surface area contributed by atoms with Crippen LogP contribution in [-0.4, -0.2) is 91.9 Å². The first kappa shape index (κ1) is 39.2. The number of rotatable bonds is 35. The summed E-state index contributed by atoms with van der Waals surface area (Å²) < 4.78 is 37.6. The van der Waals surface area contributed by atoms with Gasteiger partial charge in [-0.1, -0.05) is 103 Å². The topological polar surface area (TPSA) is 81.7 Å². The van der Waals surface area contributed by atoms with Gasteiger partial charge in [0.05, 0.1) is 72.7 Å². The van der Waals surface area contributed by atoms with E-state index in [4.69, 9.17) is 33.2 Å². The van der Waals surface area contributed by atoms with E-state index in [1.165, 1.54) is 103 Å². The van der Waals surface area contributed by atoms with E-state index in [0.717, 1.165) is 13.0 Å². The van der Waals surface area contributed by atoms with Gasteiger partial charge in [-0.05, 0) is 6.42 Å². The molecule has 0 saturated carbocycles. The lowest BCUT2D eigenvalue weighted by molar-refractivity contribution is -0.142. The molecule has 8 heteroatoms. The second-order valence-electron chi connectivity index (χ2n) is 10.3. The zero-order valence-corrected chi connectivity index (χ0v) is 26.3. The van der Waals surface area contributed by atoms with Crippen molar-refractivity contribution in [2.75, 3.05) is 85.9 Å². The summed E-state index contributed by atoms with van der Waals surface area (Å²) >= 11 is 0. The summed E-state index contributed by atoms with van der Waals surface area (Å²) in [5.74, 6) is -0.297. The summed E-state index contributed by atoms with van der Waals surface area (Å²) in [6.45, 7) is 10.6. The lowest BCUT2D eigenvalue weighted by atomic mass is 10.0. The fourth-order valence-electron chi connectivity index (χ4n) is 4.20.